The molecular weight excluding hydrogens is 564 g/mol. The lowest BCUT2D eigenvalue weighted by atomic mass is 10.1. The number of aryl methyl sites for hydroxylation is 1. The van der Waals surface area contributed by atoms with Gasteiger partial charge in [0, 0.05) is 22.5 Å². The summed E-state index contributed by atoms with van der Waals surface area (Å²) in [4.78, 5) is 36.5. The molecule has 4 aromatic rings. The van der Waals surface area contributed by atoms with Crippen LogP contribution in [0.3, 0.4) is 0 Å². The molecule has 43 heavy (non-hydrogen) atoms. The second kappa shape index (κ2) is 13.6. The van der Waals surface area contributed by atoms with Gasteiger partial charge in [0.05, 0.1) is 28.7 Å². The summed E-state index contributed by atoms with van der Waals surface area (Å²) < 4.78 is 25.4. The van der Waals surface area contributed by atoms with Crippen molar-refractivity contribution in [2.75, 3.05) is 41.3 Å². The smallest absolute Gasteiger partial charge is 0.255 e. The summed E-state index contributed by atoms with van der Waals surface area (Å²) in [6.07, 6.45) is 5.93. The Morgan fingerprint density at radius 3 is 2.09 bits per heavy atom. The highest BCUT2D eigenvalue weighted by atomic mass is 32.2. The van der Waals surface area contributed by atoms with Crippen molar-refractivity contribution < 1.29 is 18.0 Å². The van der Waals surface area contributed by atoms with Gasteiger partial charge < -0.3 is 20.9 Å². The summed E-state index contributed by atoms with van der Waals surface area (Å²) >= 11 is 0. The Balaban J connectivity index is 1.13. The molecule has 0 saturated carbocycles. The van der Waals surface area contributed by atoms with Crippen molar-refractivity contribution in [3.05, 3.63) is 102 Å². The fourth-order valence-electron chi connectivity index (χ4n) is 4.87. The molecule has 0 bridgehead atoms. The molecule has 11 heteroatoms. The lowest BCUT2D eigenvalue weighted by Crippen LogP contribution is -2.22. The van der Waals surface area contributed by atoms with Crippen LogP contribution in [0.2, 0.25) is 0 Å². The third kappa shape index (κ3) is 8.24. The van der Waals surface area contributed by atoms with Gasteiger partial charge in [0.25, 0.3) is 11.8 Å². The fourth-order valence-corrected chi connectivity index (χ4v) is 6.16. The molecule has 1 aromatic heterocycles. The molecule has 3 aromatic carbocycles. The Morgan fingerprint density at radius 2 is 1.42 bits per heavy atom. The second-order valence-electron chi connectivity index (χ2n) is 10.5. The van der Waals surface area contributed by atoms with Gasteiger partial charge in [-0.1, -0.05) is 23.8 Å². The maximum atomic E-state index is 12.8. The minimum absolute atomic E-state index is 0.124. The van der Waals surface area contributed by atoms with Crippen molar-refractivity contribution in [1.82, 2.24) is 14.9 Å². The predicted octanol–water partition coefficient (Wildman–Crippen LogP) is 5.29. The first-order chi connectivity index (χ1) is 20.7. The number of amides is 2. The van der Waals surface area contributed by atoms with E-state index in [1.54, 1.807) is 60.7 Å². The highest BCUT2D eigenvalue weighted by Crippen LogP contribution is 2.20. The zero-order valence-electron chi connectivity index (χ0n) is 23.9. The molecule has 2 heterocycles. The lowest BCUT2D eigenvalue weighted by molar-refractivity contribution is 0.101. The van der Waals surface area contributed by atoms with Gasteiger partial charge in [0.1, 0.15) is 0 Å². The van der Waals surface area contributed by atoms with Crippen molar-refractivity contribution in [3.8, 4) is 0 Å². The van der Waals surface area contributed by atoms with Crippen LogP contribution in [0.25, 0.3) is 0 Å². The van der Waals surface area contributed by atoms with Crippen LogP contribution in [0, 0.1) is 6.92 Å². The number of carbonyl (C=O) groups is 2. The van der Waals surface area contributed by atoms with Crippen molar-refractivity contribution in [2.45, 2.75) is 31.1 Å². The van der Waals surface area contributed by atoms with E-state index in [0.29, 0.717) is 40.6 Å². The molecule has 1 aliphatic heterocycles. The number of hydrogen-bond acceptors (Lipinski definition) is 8. The predicted molar refractivity (Wildman–Crippen MR) is 168 cm³/mol. The summed E-state index contributed by atoms with van der Waals surface area (Å²) in [6.45, 7) is 4.84. The van der Waals surface area contributed by atoms with E-state index >= 15 is 0 Å². The molecule has 0 aliphatic carbocycles. The van der Waals surface area contributed by atoms with Crippen molar-refractivity contribution in [1.29, 1.82) is 0 Å². The topological polar surface area (TPSA) is 133 Å². The van der Waals surface area contributed by atoms with Crippen LogP contribution in [-0.4, -0.2) is 60.5 Å². The number of carbonyl (C=O) groups excluding carboxylic acids is 2. The largest absolute Gasteiger partial charge is 0.324 e. The maximum Gasteiger partial charge on any atom is 0.255 e. The second-order valence-corrected chi connectivity index (χ2v) is 12.6. The van der Waals surface area contributed by atoms with Crippen molar-refractivity contribution in [3.63, 3.8) is 0 Å². The highest BCUT2D eigenvalue weighted by molar-refractivity contribution is 7.91. The van der Waals surface area contributed by atoms with Gasteiger partial charge in [-0.05, 0) is 100 Å². The average molecular weight is 599 g/mol. The van der Waals surface area contributed by atoms with E-state index in [9.17, 15) is 18.0 Å². The number of hydrogen-bond donors (Lipinski definition) is 3. The summed E-state index contributed by atoms with van der Waals surface area (Å²) in [6, 6.07) is 20.4. The van der Waals surface area contributed by atoms with E-state index in [0.717, 1.165) is 25.2 Å². The van der Waals surface area contributed by atoms with E-state index in [1.165, 1.54) is 25.2 Å². The van der Waals surface area contributed by atoms with Crippen LogP contribution in [0.4, 0.5) is 23.0 Å². The Labute approximate surface area is 251 Å². The van der Waals surface area contributed by atoms with Crippen LogP contribution >= 0.6 is 0 Å². The van der Waals surface area contributed by atoms with Crippen LogP contribution in [0.15, 0.2) is 90.1 Å². The van der Waals surface area contributed by atoms with Gasteiger partial charge in [0.2, 0.25) is 5.95 Å². The van der Waals surface area contributed by atoms with Gasteiger partial charge in [-0.25, -0.2) is 18.4 Å². The minimum Gasteiger partial charge on any atom is -0.324 e. The summed E-state index contributed by atoms with van der Waals surface area (Å²) in [5.74, 6) is -0.228. The molecule has 10 nitrogen and oxygen atoms in total. The molecule has 0 unspecified atom stereocenters. The molecule has 222 valence electrons. The van der Waals surface area contributed by atoms with E-state index in [4.69, 9.17) is 0 Å². The van der Waals surface area contributed by atoms with E-state index in [-0.39, 0.29) is 22.5 Å². The number of sulfone groups is 1. The van der Waals surface area contributed by atoms with Gasteiger partial charge >= 0.3 is 0 Å². The SMILES string of the molecule is Cc1cccc(C(=O)Nc2cccc(C(=O)Nc3cnc(Nc4ccc(S(=O)(=O)CCCN5CCCC5)cc4)nc3)c2)c1. The standard InChI is InChI=1S/C32H34N6O4S/c1-23-7-4-8-24(19-23)30(39)35-27-10-5-9-25(20-27)31(40)36-28-21-33-32(34-22-28)37-26-11-13-29(14-12-26)43(41,42)18-6-17-38-15-2-3-16-38/h4-5,7-14,19-22H,2-3,6,15-18H2,1H3,(H,35,39)(H,36,40)(H,33,34,37). The molecule has 3 N–H and O–H groups in total. The summed E-state index contributed by atoms with van der Waals surface area (Å²) in [5.41, 5.74) is 3.39. The Bertz CT molecular complexity index is 1690. The number of aromatic nitrogens is 2. The number of likely N-dealkylation sites (tertiary alicyclic amines) is 1. The van der Waals surface area contributed by atoms with Gasteiger partial charge in [-0.2, -0.15) is 0 Å². The first-order valence-corrected chi connectivity index (χ1v) is 15.8. The summed E-state index contributed by atoms with van der Waals surface area (Å²) in [7, 11) is -3.35. The Hall–Kier alpha value is -4.61. The minimum atomic E-state index is -3.35. The number of nitrogens with zero attached hydrogens (tertiary/aromatic N) is 3. The number of rotatable bonds is 11. The number of anilines is 4. The number of nitrogens with one attached hydrogen (secondary N) is 3. The zero-order chi connectivity index (χ0) is 30.2. The third-order valence-corrected chi connectivity index (χ3v) is 8.94. The molecular formula is C32H34N6O4S. The van der Waals surface area contributed by atoms with E-state index in [2.05, 4.69) is 30.8 Å². The molecule has 1 saturated heterocycles. The molecule has 2 amide bonds. The molecule has 0 atom stereocenters. The fraction of sp³-hybridized carbons (Fsp3) is 0.250. The van der Waals surface area contributed by atoms with Crippen molar-refractivity contribution >= 4 is 44.7 Å². The normalized spacial score (nSPS) is 13.4. The maximum absolute atomic E-state index is 12.8. The molecule has 1 aliphatic rings. The Morgan fingerprint density at radius 1 is 0.791 bits per heavy atom. The van der Waals surface area contributed by atoms with Gasteiger partial charge in [-0.3, -0.25) is 9.59 Å². The third-order valence-electron chi connectivity index (χ3n) is 7.13. The van der Waals surface area contributed by atoms with Gasteiger partial charge in [0.15, 0.2) is 9.84 Å². The van der Waals surface area contributed by atoms with Crippen LogP contribution in [-0.2, 0) is 9.84 Å². The van der Waals surface area contributed by atoms with Crippen molar-refractivity contribution in [2.24, 2.45) is 0 Å². The average Bonchev–Trinajstić information content (AvgIpc) is 3.52. The van der Waals surface area contributed by atoms with Gasteiger partial charge in [-0.15, -0.1) is 0 Å². The lowest BCUT2D eigenvalue weighted by Gasteiger charge is -2.14. The molecule has 5 rings (SSSR count). The summed E-state index contributed by atoms with van der Waals surface area (Å²) in [5, 5.41) is 8.61. The Kier molecular flexibility index (Phi) is 9.43. The molecule has 0 radical (unpaired) electrons. The molecule has 1 fully saturated rings. The number of benzene rings is 3. The highest BCUT2D eigenvalue weighted by Gasteiger charge is 2.17. The first kappa shape index (κ1) is 29.9. The van der Waals surface area contributed by atoms with Crippen LogP contribution in [0.1, 0.15) is 45.5 Å². The monoisotopic (exact) mass is 598 g/mol. The first-order valence-electron chi connectivity index (χ1n) is 14.2. The van der Waals surface area contributed by atoms with E-state index in [1.807, 2.05) is 19.1 Å². The van der Waals surface area contributed by atoms with Crippen LogP contribution in [0.5, 0.6) is 0 Å². The zero-order valence-corrected chi connectivity index (χ0v) is 24.7. The molecule has 0 spiro atoms. The van der Waals surface area contributed by atoms with Crippen LogP contribution < -0.4 is 16.0 Å². The quantitative estimate of drug-likeness (QED) is 0.212. The van der Waals surface area contributed by atoms with E-state index < -0.39 is 9.84 Å².